The number of hydrogen-bond donors (Lipinski definition) is 1. The molecule has 2 aromatic rings. The maximum atomic E-state index is 13.6. The molecular formula is C25H34BrN3O4S. The number of hydrogen-bond acceptors (Lipinski definition) is 4. The second-order valence-electron chi connectivity index (χ2n) is 8.43. The number of anilines is 1. The first-order chi connectivity index (χ1) is 16.0. The van der Waals surface area contributed by atoms with Crippen molar-refractivity contribution in [2.24, 2.45) is 0 Å². The molecule has 0 fully saturated rings. The predicted octanol–water partition coefficient (Wildman–Crippen LogP) is 4.17. The van der Waals surface area contributed by atoms with Gasteiger partial charge in [-0.15, -0.1) is 0 Å². The minimum atomic E-state index is -3.75. The zero-order chi connectivity index (χ0) is 25.5. The van der Waals surface area contributed by atoms with Crippen molar-refractivity contribution in [1.82, 2.24) is 10.2 Å². The van der Waals surface area contributed by atoms with E-state index in [-0.39, 0.29) is 12.5 Å². The smallest absolute Gasteiger partial charge is 0.244 e. The average molecular weight is 553 g/mol. The number of nitrogens with one attached hydrogen (secondary N) is 1. The summed E-state index contributed by atoms with van der Waals surface area (Å²) < 4.78 is 27.3. The summed E-state index contributed by atoms with van der Waals surface area (Å²) in [5.41, 5.74) is 3.16. The number of rotatable bonds is 11. The Morgan fingerprint density at radius 1 is 1.09 bits per heavy atom. The lowest BCUT2D eigenvalue weighted by Gasteiger charge is -2.33. The second-order valence-corrected chi connectivity index (χ2v) is 11.2. The molecule has 0 aliphatic carbocycles. The monoisotopic (exact) mass is 551 g/mol. The first kappa shape index (κ1) is 27.9. The Labute approximate surface area is 211 Å². The van der Waals surface area contributed by atoms with Crippen LogP contribution < -0.4 is 9.62 Å². The van der Waals surface area contributed by atoms with Crippen LogP contribution in [0.25, 0.3) is 0 Å². The second kappa shape index (κ2) is 12.4. The number of carbonyl (C=O) groups is 2. The first-order valence-electron chi connectivity index (χ1n) is 11.3. The van der Waals surface area contributed by atoms with Crippen LogP contribution in [-0.4, -0.2) is 50.5 Å². The predicted molar refractivity (Wildman–Crippen MR) is 140 cm³/mol. The Bertz CT molecular complexity index is 1120. The molecule has 0 aliphatic heterocycles. The lowest BCUT2D eigenvalue weighted by atomic mass is 10.1. The van der Waals surface area contributed by atoms with E-state index in [1.165, 1.54) is 4.90 Å². The molecule has 0 spiro atoms. The molecule has 1 N–H and O–H groups in total. The van der Waals surface area contributed by atoms with E-state index in [9.17, 15) is 18.0 Å². The number of carbonyl (C=O) groups excluding carboxylic acids is 2. The fraction of sp³-hybridized carbons (Fsp3) is 0.440. The number of halogens is 1. The summed E-state index contributed by atoms with van der Waals surface area (Å²) in [7, 11) is -3.75. The SMILES string of the molecule is CCCNC(=O)C(CC)N(Cc1cccc(C)c1)C(=O)CN(c1ccc(Br)c(C)c1)S(C)(=O)=O. The molecule has 0 aliphatic rings. The third-order valence-corrected chi connectivity index (χ3v) is 7.51. The standard InChI is InChI=1S/C25H34BrN3O4S/c1-6-13-27-25(31)23(7-2)28(16-20-10-8-9-18(3)14-20)24(30)17-29(34(5,32)33)21-11-12-22(26)19(4)15-21/h8-12,14-15,23H,6-7,13,16-17H2,1-5H3,(H,27,31). The van der Waals surface area contributed by atoms with Gasteiger partial charge in [-0.2, -0.15) is 0 Å². The van der Waals surface area contributed by atoms with Gasteiger partial charge in [0.2, 0.25) is 21.8 Å². The van der Waals surface area contributed by atoms with Crippen LogP contribution >= 0.6 is 15.9 Å². The highest BCUT2D eigenvalue weighted by molar-refractivity contribution is 9.10. The minimum Gasteiger partial charge on any atom is -0.354 e. The summed E-state index contributed by atoms with van der Waals surface area (Å²) >= 11 is 3.42. The van der Waals surface area contributed by atoms with Crippen molar-refractivity contribution < 1.29 is 18.0 Å². The van der Waals surface area contributed by atoms with E-state index < -0.39 is 28.5 Å². The van der Waals surface area contributed by atoms with Crippen LogP contribution in [0.15, 0.2) is 46.9 Å². The van der Waals surface area contributed by atoms with Crippen molar-refractivity contribution in [3.05, 3.63) is 63.6 Å². The van der Waals surface area contributed by atoms with Crippen LogP contribution in [0.1, 0.15) is 43.4 Å². The van der Waals surface area contributed by atoms with Crippen molar-refractivity contribution in [3.8, 4) is 0 Å². The molecule has 0 bridgehead atoms. The van der Waals surface area contributed by atoms with Gasteiger partial charge in [0.25, 0.3) is 0 Å². The molecule has 0 saturated heterocycles. The zero-order valence-corrected chi connectivity index (χ0v) is 22.9. The highest BCUT2D eigenvalue weighted by Gasteiger charge is 2.31. The molecule has 2 aromatic carbocycles. The van der Waals surface area contributed by atoms with Gasteiger partial charge in [-0.1, -0.05) is 59.6 Å². The van der Waals surface area contributed by atoms with Crippen molar-refractivity contribution in [2.45, 2.75) is 53.1 Å². The van der Waals surface area contributed by atoms with E-state index in [4.69, 9.17) is 0 Å². The molecule has 1 atom stereocenters. The van der Waals surface area contributed by atoms with Crippen molar-refractivity contribution >= 4 is 43.5 Å². The lowest BCUT2D eigenvalue weighted by Crippen LogP contribution is -2.52. The summed E-state index contributed by atoms with van der Waals surface area (Å²) in [5.74, 6) is -0.679. The van der Waals surface area contributed by atoms with E-state index in [1.54, 1.807) is 18.2 Å². The summed E-state index contributed by atoms with van der Waals surface area (Å²) in [6, 6.07) is 12.1. The molecule has 7 nitrogen and oxygen atoms in total. The maximum Gasteiger partial charge on any atom is 0.244 e. The van der Waals surface area contributed by atoms with Crippen LogP contribution in [-0.2, 0) is 26.2 Å². The van der Waals surface area contributed by atoms with Gasteiger partial charge in [0.15, 0.2) is 0 Å². The molecule has 0 aromatic heterocycles. The topological polar surface area (TPSA) is 86.8 Å². The number of benzene rings is 2. The zero-order valence-electron chi connectivity index (χ0n) is 20.5. The number of aryl methyl sites for hydroxylation is 2. The molecule has 0 heterocycles. The fourth-order valence-electron chi connectivity index (χ4n) is 3.69. The van der Waals surface area contributed by atoms with Crippen molar-refractivity contribution in [3.63, 3.8) is 0 Å². The molecule has 186 valence electrons. The van der Waals surface area contributed by atoms with E-state index in [1.807, 2.05) is 52.0 Å². The molecular weight excluding hydrogens is 518 g/mol. The quantitative estimate of drug-likeness (QED) is 0.454. The van der Waals surface area contributed by atoms with Gasteiger partial charge in [-0.25, -0.2) is 8.42 Å². The summed E-state index contributed by atoms with van der Waals surface area (Å²) in [4.78, 5) is 28.0. The van der Waals surface area contributed by atoms with E-state index >= 15 is 0 Å². The van der Waals surface area contributed by atoms with Crippen LogP contribution in [0, 0.1) is 13.8 Å². The van der Waals surface area contributed by atoms with Gasteiger partial charge >= 0.3 is 0 Å². The molecule has 2 amide bonds. The first-order valence-corrected chi connectivity index (χ1v) is 14.0. The Morgan fingerprint density at radius 2 is 1.79 bits per heavy atom. The largest absolute Gasteiger partial charge is 0.354 e. The van der Waals surface area contributed by atoms with Crippen LogP contribution in [0.4, 0.5) is 5.69 Å². The van der Waals surface area contributed by atoms with Gasteiger partial charge in [0.05, 0.1) is 11.9 Å². The van der Waals surface area contributed by atoms with Crippen LogP contribution in [0.3, 0.4) is 0 Å². The number of nitrogens with zero attached hydrogens (tertiary/aromatic N) is 2. The van der Waals surface area contributed by atoms with E-state index in [0.717, 1.165) is 38.1 Å². The highest BCUT2D eigenvalue weighted by Crippen LogP contribution is 2.25. The third kappa shape index (κ3) is 7.56. The number of sulfonamides is 1. The van der Waals surface area contributed by atoms with E-state index in [0.29, 0.717) is 18.7 Å². The van der Waals surface area contributed by atoms with Crippen molar-refractivity contribution in [2.75, 3.05) is 23.7 Å². The Balaban J connectivity index is 2.44. The Kier molecular flexibility index (Phi) is 10.1. The van der Waals surface area contributed by atoms with Gasteiger partial charge in [-0.3, -0.25) is 13.9 Å². The van der Waals surface area contributed by atoms with Crippen LogP contribution in [0.5, 0.6) is 0 Å². The molecule has 1 unspecified atom stereocenters. The molecule has 0 radical (unpaired) electrons. The lowest BCUT2D eigenvalue weighted by molar-refractivity contribution is -0.140. The summed E-state index contributed by atoms with van der Waals surface area (Å²) in [6.45, 7) is 7.93. The normalized spacial score (nSPS) is 12.2. The van der Waals surface area contributed by atoms with E-state index in [2.05, 4.69) is 21.2 Å². The summed E-state index contributed by atoms with van der Waals surface area (Å²) in [5, 5.41) is 2.87. The molecule has 0 saturated carbocycles. The highest BCUT2D eigenvalue weighted by atomic mass is 79.9. The van der Waals surface area contributed by atoms with Gasteiger partial charge < -0.3 is 10.2 Å². The summed E-state index contributed by atoms with van der Waals surface area (Å²) in [6.07, 6.45) is 2.26. The molecule has 9 heteroatoms. The van der Waals surface area contributed by atoms with Crippen LogP contribution in [0.2, 0.25) is 0 Å². The molecule has 2 rings (SSSR count). The van der Waals surface area contributed by atoms with Gasteiger partial charge in [-0.05, 0) is 56.0 Å². The molecule has 34 heavy (non-hydrogen) atoms. The average Bonchev–Trinajstić information content (AvgIpc) is 2.77. The van der Waals surface area contributed by atoms with Gasteiger partial charge in [0.1, 0.15) is 12.6 Å². The Hall–Kier alpha value is -2.39. The third-order valence-electron chi connectivity index (χ3n) is 5.48. The Morgan fingerprint density at radius 3 is 2.35 bits per heavy atom. The van der Waals surface area contributed by atoms with Gasteiger partial charge in [0, 0.05) is 17.6 Å². The van der Waals surface area contributed by atoms with Crippen molar-refractivity contribution in [1.29, 1.82) is 0 Å². The number of amides is 2. The maximum absolute atomic E-state index is 13.6. The fourth-order valence-corrected chi connectivity index (χ4v) is 4.78. The minimum absolute atomic E-state index is 0.204.